The Hall–Kier alpha value is -2.44. The van der Waals surface area contributed by atoms with E-state index in [-0.39, 0.29) is 11.9 Å². The van der Waals surface area contributed by atoms with Gasteiger partial charge in [-0.1, -0.05) is 0 Å². The first-order valence-corrected chi connectivity index (χ1v) is 8.31. The number of nitrogens with zero attached hydrogens (tertiary/aromatic N) is 5. The monoisotopic (exact) mass is 328 g/mol. The number of aryl methyl sites for hydroxylation is 4. The number of piperidine rings is 1. The second-order valence-electron chi connectivity index (χ2n) is 6.50. The summed E-state index contributed by atoms with van der Waals surface area (Å²) in [6, 6.07) is 4.08. The molecule has 0 aromatic carbocycles. The summed E-state index contributed by atoms with van der Waals surface area (Å²) in [7, 11) is 1.79. The Balaban J connectivity index is 1.58. The average Bonchev–Trinajstić information content (AvgIpc) is 2.89. The molecule has 0 spiro atoms. The highest BCUT2D eigenvalue weighted by molar-refractivity contribution is 5.92. The fraction of sp³-hybridized carbons (Fsp3) is 0.529. The lowest BCUT2D eigenvalue weighted by atomic mass is 10.0. The van der Waals surface area contributed by atoms with Crippen LogP contribution < -0.4 is 10.2 Å². The van der Waals surface area contributed by atoms with Gasteiger partial charge in [-0.2, -0.15) is 10.2 Å². The molecule has 1 saturated heterocycles. The molecule has 24 heavy (non-hydrogen) atoms. The van der Waals surface area contributed by atoms with Gasteiger partial charge in [0, 0.05) is 26.2 Å². The maximum atomic E-state index is 12.4. The number of carbonyl (C=O) groups is 1. The molecule has 128 valence electrons. The normalized spacial score (nSPS) is 15.6. The van der Waals surface area contributed by atoms with Crippen molar-refractivity contribution in [3.63, 3.8) is 0 Å². The Bertz CT molecular complexity index is 746. The van der Waals surface area contributed by atoms with Gasteiger partial charge < -0.3 is 10.2 Å². The van der Waals surface area contributed by atoms with Crippen molar-refractivity contribution in [1.82, 2.24) is 25.3 Å². The number of carbonyl (C=O) groups excluding carboxylic acids is 1. The Morgan fingerprint density at radius 1 is 1.17 bits per heavy atom. The van der Waals surface area contributed by atoms with E-state index in [2.05, 4.69) is 38.5 Å². The van der Waals surface area contributed by atoms with Gasteiger partial charge in [0.15, 0.2) is 5.82 Å². The van der Waals surface area contributed by atoms with Gasteiger partial charge in [-0.15, -0.1) is 5.10 Å². The van der Waals surface area contributed by atoms with Crippen LogP contribution in [0.4, 0.5) is 5.82 Å². The predicted octanol–water partition coefficient (Wildman–Crippen LogP) is 1.53. The largest absolute Gasteiger partial charge is 0.355 e. The lowest BCUT2D eigenvalue weighted by Gasteiger charge is -2.33. The van der Waals surface area contributed by atoms with Gasteiger partial charge in [-0.05, 0) is 51.3 Å². The third-order valence-corrected chi connectivity index (χ3v) is 4.61. The van der Waals surface area contributed by atoms with Gasteiger partial charge >= 0.3 is 0 Å². The van der Waals surface area contributed by atoms with Crippen LogP contribution in [0.1, 0.15) is 40.3 Å². The Morgan fingerprint density at radius 3 is 2.46 bits per heavy atom. The smallest absolute Gasteiger partial charge is 0.269 e. The Morgan fingerprint density at radius 2 is 1.88 bits per heavy atom. The van der Waals surface area contributed by atoms with Gasteiger partial charge in [-0.3, -0.25) is 9.48 Å². The van der Waals surface area contributed by atoms with Crippen molar-refractivity contribution in [3.8, 4) is 0 Å². The van der Waals surface area contributed by atoms with Gasteiger partial charge in [0.25, 0.3) is 5.91 Å². The molecule has 0 bridgehead atoms. The number of aromatic nitrogens is 4. The highest BCUT2D eigenvalue weighted by Gasteiger charge is 2.23. The lowest BCUT2D eigenvalue weighted by molar-refractivity contribution is 0.0921. The van der Waals surface area contributed by atoms with E-state index in [0.717, 1.165) is 48.7 Å². The van der Waals surface area contributed by atoms with Crippen molar-refractivity contribution in [2.45, 2.75) is 39.7 Å². The van der Waals surface area contributed by atoms with Gasteiger partial charge in [0.2, 0.25) is 0 Å². The molecular formula is C17H24N6O. The third-order valence-electron chi connectivity index (χ3n) is 4.61. The minimum atomic E-state index is -0.0532. The van der Waals surface area contributed by atoms with Crippen LogP contribution in [-0.4, -0.2) is 45.0 Å². The molecule has 7 heteroatoms. The highest BCUT2D eigenvalue weighted by Crippen LogP contribution is 2.19. The molecule has 3 rings (SSSR count). The molecule has 1 amide bonds. The van der Waals surface area contributed by atoms with Crippen molar-refractivity contribution >= 4 is 11.7 Å². The van der Waals surface area contributed by atoms with E-state index in [1.807, 2.05) is 19.9 Å². The summed E-state index contributed by atoms with van der Waals surface area (Å²) in [5.74, 6) is 0.868. The molecule has 0 aliphatic carbocycles. The standard InChI is InChI=1S/C17H24N6O/c1-11-9-16(20-19-13(11)3)23-7-5-14(6-8-23)18-17(24)15-10-12(2)21-22(15)4/h9-10,14H,5-8H2,1-4H3,(H,18,24). The zero-order chi connectivity index (χ0) is 17.3. The number of hydrogen-bond acceptors (Lipinski definition) is 5. The van der Waals surface area contributed by atoms with Crippen molar-refractivity contribution in [2.75, 3.05) is 18.0 Å². The summed E-state index contributed by atoms with van der Waals surface area (Å²) in [5.41, 5.74) is 3.58. The number of nitrogens with one attached hydrogen (secondary N) is 1. The summed E-state index contributed by atoms with van der Waals surface area (Å²) in [5, 5.41) is 15.8. The third kappa shape index (κ3) is 3.39. The quantitative estimate of drug-likeness (QED) is 0.925. The molecule has 3 heterocycles. The molecule has 1 fully saturated rings. The van der Waals surface area contributed by atoms with Gasteiger partial charge in [0.05, 0.1) is 11.4 Å². The SMILES string of the molecule is Cc1cc(C(=O)NC2CCN(c3cc(C)c(C)nn3)CC2)n(C)n1. The maximum absolute atomic E-state index is 12.4. The Kier molecular flexibility index (Phi) is 4.51. The summed E-state index contributed by atoms with van der Waals surface area (Å²) >= 11 is 0. The molecule has 0 radical (unpaired) electrons. The van der Waals surface area contributed by atoms with E-state index >= 15 is 0 Å². The fourth-order valence-electron chi connectivity index (χ4n) is 3.02. The zero-order valence-corrected chi connectivity index (χ0v) is 14.7. The summed E-state index contributed by atoms with van der Waals surface area (Å²) < 4.78 is 1.63. The van der Waals surface area contributed by atoms with E-state index in [0.29, 0.717) is 5.69 Å². The zero-order valence-electron chi connectivity index (χ0n) is 14.7. The van der Waals surface area contributed by atoms with E-state index in [1.54, 1.807) is 11.7 Å². The molecule has 0 saturated carbocycles. The van der Waals surface area contributed by atoms with Crippen LogP contribution in [0.3, 0.4) is 0 Å². The maximum Gasteiger partial charge on any atom is 0.269 e. The Labute approximate surface area is 142 Å². The highest BCUT2D eigenvalue weighted by atomic mass is 16.2. The van der Waals surface area contributed by atoms with E-state index in [1.165, 1.54) is 0 Å². The van der Waals surface area contributed by atoms with Crippen molar-refractivity contribution in [1.29, 1.82) is 0 Å². The van der Waals surface area contributed by atoms with Crippen LogP contribution in [0.15, 0.2) is 12.1 Å². The molecule has 2 aromatic heterocycles. The molecule has 0 atom stereocenters. The molecule has 7 nitrogen and oxygen atoms in total. The second-order valence-corrected chi connectivity index (χ2v) is 6.50. The second kappa shape index (κ2) is 6.59. The summed E-state index contributed by atoms with van der Waals surface area (Å²) in [6.45, 7) is 7.64. The number of amides is 1. The molecule has 1 N–H and O–H groups in total. The molecular weight excluding hydrogens is 304 g/mol. The van der Waals surface area contributed by atoms with Crippen LogP contribution in [0, 0.1) is 20.8 Å². The molecule has 0 unspecified atom stereocenters. The van der Waals surface area contributed by atoms with Crippen molar-refractivity contribution < 1.29 is 4.79 Å². The van der Waals surface area contributed by atoms with E-state index in [9.17, 15) is 4.79 Å². The first-order chi connectivity index (χ1) is 11.4. The molecule has 1 aliphatic heterocycles. The summed E-state index contributed by atoms with van der Waals surface area (Å²) in [6.07, 6.45) is 1.80. The minimum absolute atomic E-state index is 0.0532. The number of hydrogen-bond donors (Lipinski definition) is 1. The minimum Gasteiger partial charge on any atom is -0.355 e. The van der Waals surface area contributed by atoms with Crippen molar-refractivity contribution in [2.24, 2.45) is 7.05 Å². The number of rotatable bonds is 3. The van der Waals surface area contributed by atoms with Crippen LogP contribution in [0.25, 0.3) is 0 Å². The average molecular weight is 328 g/mol. The van der Waals surface area contributed by atoms with Gasteiger partial charge in [-0.25, -0.2) is 0 Å². The van der Waals surface area contributed by atoms with Crippen LogP contribution in [-0.2, 0) is 7.05 Å². The number of anilines is 1. The van der Waals surface area contributed by atoms with Crippen LogP contribution in [0.5, 0.6) is 0 Å². The van der Waals surface area contributed by atoms with Gasteiger partial charge in [0.1, 0.15) is 5.69 Å². The van der Waals surface area contributed by atoms with Crippen molar-refractivity contribution in [3.05, 3.63) is 34.8 Å². The van der Waals surface area contributed by atoms with Crippen LogP contribution in [0.2, 0.25) is 0 Å². The van der Waals surface area contributed by atoms with E-state index in [4.69, 9.17) is 0 Å². The summed E-state index contributed by atoms with van der Waals surface area (Å²) in [4.78, 5) is 14.6. The first-order valence-electron chi connectivity index (χ1n) is 8.31. The first kappa shape index (κ1) is 16.4. The molecule has 2 aromatic rings. The topological polar surface area (TPSA) is 75.9 Å². The van der Waals surface area contributed by atoms with Crippen LogP contribution >= 0.6 is 0 Å². The fourth-order valence-corrected chi connectivity index (χ4v) is 3.02. The lowest BCUT2D eigenvalue weighted by Crippen LogP contribution is -2.45. The molecule has 1 aliphatic rings. The van der Waals surface area contributed by atoms with E-state index < -0.39 is 0 Å². The predicted molar refractivity (Wildman–Crippen MR) is 92.2 cm³/mol.